The lowest BCUT2D eigenvalue weighted by atomic mass is 10.1. The van der Waals surface area contributed by atoms with E-state index in [2.05, 4.69) is 22.4 Å². The van der Waals surface area contributed by atoms with E-state index in [9.17, 15) is 18.0 Å². The van der Waals surface area contributed by atoms with Gasteiger partial charge in [0.05, 0.1) is 11.8 Å². The first-order valence-corrected chi connectivity index (χ1v) is 10.6. The van der Waals surface area contributed by atoms with Gasteiger partial charge in [-0.25, -0.2) is 0 Å². The lowest BCUT2D eigenvalue weighted by molar-refractivity contribution is -0.137. The Morgan fingerprint density at radius 3 is 2.44 bits per heavy atom. The molecule has 2 heterocycles. The Kier molecular flexibility index (Phi) is 6.43. The summed E-state index contributed by atoms with van der Waals surface area (Å²) in [6.07, 6.45) is -0.911. The molecule has 0 aliphatic carbocycles. The molecule has 32 heavy (non-hydrogen) atoms. The zero-order valence-corrected chi connectivity index (χ0v) is 17.5. The van der Waals surface area contributed by atoms with Crippen LogP contribution < -0.4 is 4.90 Å². The van der Waals surface area contributed by atoms with Gasteiger partial charge >= 0.3 is 6.18 Å². The standard InChI is InChI=1S/C23H24F3N5O/c24-23(25,26)19-9-4-10-20(16-19)29-12-14-30(15-13-29)22(32)21-17-31(28-27-21)11-5-8-18-6-2-1-3-7-18/h1-4,6-7,9-10,16-17H,5,8,11-15H2. The summed E-state index contributed by atoms with van der Waals surface area (Å²) >= 11 is 0. The van der Waals surface area contributed by atoms with Crippen molar-refractivity contribution in [1.82, 2.24) is 19.9 Å². The fourth-order valence-corrected chi connectivity index (χ4v) is 3.80. The Labute approximate surface area is 184 Å². The van der Waals surface area contributed by atoms with Gasteiger partial charge in [0.2, 0.25) is 0 Å². The normalized spacial score (nSPS) is 14.6. The van der Waals surface area contributed by atoms with Crippen LogP contribution in [0.4, 0.5) is 18.9 Å². The summed E-state index contributed by atoms with van der Waals surface area (Å²) in [5.41, 5.74) is 1.38. The van der Waals surface area contributed by atoms with E-state index >= 15 is 0 Å². The van der Waals surface area contributed by atoms with Gasteiger partial charge in [-0.15, -0.1) is 5.10 Å². The van der Waals surface area contributed by atoms with E-state index in [4.69, 9.17) is 0 Å². The van der Waals surface area contributed by atoms with E-state index in [0.29, 0.717) is 38.4 Å². The molecule has 0 N–H and O–H groups in total. The molecule has 1 aliphatic rings. The molecule has 6 nitrogen and oxygen atoms in total. The van der Waals surface area contributed by atoms with E-state index in [1.54, 1.807) is 21.8 Å². The van der Waals surface area contributed by atoms with Gasteiger partial charge < -0.3 is 9.80 Å². The molecule has 0 bridgehead atoms. The summed E-state index contributed by atoms with van der Waals surface area (Å²) in [5.74, 6) is -0.206. The number of aromatic nitrogens is 3. The first kappa shape index (κ1) is 21.9. The third-order valence-corrected chi connectivity index (χ3v) is 5.56. The third-order valence-electron chi connectivity index (χ3n) is 5.56. The minimum atomic E-state index is -4.37. The molecule has 4 rings (SSSR count). The van der Waals surface area contributed by atoms with Crippen LogP contribution in [0.25, 0.3) is 0 Å². The van der Waals surface area contributed by atoms with Crippen molar-refractivity contribution in [2.75, 3.05) is 31.1 Å². The summed E-state index contributed by atoms with van der Waals surface area (Å²) in [6.45, 7) is 2.40. The van der Waals surface area contributed by atoms with E-state index in [-0.39, 0.29) is 11.6 Å². The number of halogens is 3. The highest BCUT2D eigenvalue weighted by atomic mass is 19.4. The quantitative estimate of drug-likeness (QED) is 0.580. The lowest BCUT2D eigenvalue weighted by Gasteiger charge is -2.36. The molecule has 9 heteroatoms. The Morgan fingerprint density at radius 1 is 0.969 bits per heavy atom. The van der Waals surface area contributed by atoms with Gasteiger partial charge in [-0.05, 0) is 36.6 Å². The summed E-state index contributed by atoms with van der Waals surface area (Å²) in [6, 6.07) is 15.4. The van der Waals surface area contributed by atoms with Crippen molar-refractivity contribution in [3.63, 3.8) is 0 Å². The van der Waals surface area contributed by atoms with Crippen molar-refractivity contribution < 1.29 is 18.0 Å². The number of carbonyl (C=O) groups excluding carboxylic acids is 1. The molecule has 0 spiro atoms. The molecule has 0 atom stereocenters. The number of anilines is 1. The second kappa shape index (κ2) is 9.42. The van der Waals surface area contributed by atoms with Gasteiger partial charge in [0, 0.05) is 38.4 Å². The number of amides is 1. The fourth-order valence-electron chi connectivity index (χ4n) is 3.80. The topological polar surface area (TPSA) is 54.3 Å². The average molecular weight is 443 g/mol. The van der Waals surface area contributed by atoms with Crippen molar-refractivity contribution in [1.29, 1.82) is 0 Å². The number of hydrogen-bond donors (Lipinski definition) is 0. The number of piperazine rings is 1. The van der Waals surface area contributed by atoms with E-state index in [0.717, 1.165) is 25.0 Å². The van der Waals surface area contributed by atoms with Crippen molar-refractivity contribution in [3.8, 4) is 0 Å². The van der Waals surface area contributed by atoms with Gasteiger partial charge in [-0.2, -0.15) is 13.2 Å². The summed E-state index contributed by atoms with van der Waals surface area (Å²) in [5, 5.41) is 8.08. The van der Waals surface area contributed by atoms with Gasteiger partial charge in [0.25, 0.3) is 5.91 Å². The number of hydrogen-bond acceptors (Lipinski definition) is 4. The second-order valence-corrected chi connectivity index (χ2v) is 7.78. The summed E-state index contributed by atoms with van der Waals surface area (Å²) in [7, 11) is 0. The molecule has 1 fully saturated rings. The van der Waals surface area contributed by atoms with Gasteiger partial charge in [0.1, 0.15) is 0 Å². The zero-order chi connectivity index (χ0) is 22.6. The van der Waals surface area contributed by atoms with E-state index in [1.807, 2.05) is 23.1 Å². The van der Waals surface area contributed by atoms with E-state index < -0.39 is 11.7 Å². The molecule has 1 aliphatic heterocycles. The number of rotatable bonds is 6. The molecule has 168 valence electrons. The molecule has 1 amide bonds. The minimum Gasteiger partial charge on any atom is -0.368 e. The van der Waals surface area contributed by atoms with Crippen molar-refractivity contribution in [2.45, 2.75) is 25.6 Å². The van der Waals surface area contributed by atoms with Crippen LogP contribution in [0.3, 0.4) is 0 Å². The Bertz CT molecular complexity index is 1040. The molecular formula is C23H24F3N5O. The Hall–Kier alpha value is -3.36. The third kappa shape index (κ3) is 5.27. The maximum absolute atomic E-state index is 13.0. The largest absolute Gasteiger partial charge is 0.416 e. The molecule has 2 aromatic carbocycles. The van der Waals surface area contributed by atoms with Crippen LogP contribution in [0.5, 0.6) is 0 Å². The Morgan fingerprint density at radius 2 is 1.72 bits per heavy atom. The average Bonchev–Trinajstić information content (AvgIpc) is 3.28. The van der Waals surface area contributed by atoms with Gasteiger partial charge in [-0.1, -0.05) is 41.6 Å². The Balaban J connectivity index is 1.29. The van der Waals surface area contributed by atoms with Crippen LogP contribution in [0.2, 0.25) is 0 Å². The molecule has 0 radical (unpaired) electrons. The second-order valence-electron chi connectivity index (χ2n) is 7.78. The number of nitrogens with zero attached hydrogens (tertiary/aromatic N) is 5. The number of aryl methyl sites for hydroxylation is 2. The highest BCUT2D eigenvalue weighted by Crippen LogP contribution is 2.31. The minimum absolute atomic E-state index is 0.206. The summed E-state index contributed by atoms with van der Waals surface area (Å²) < 4.78 is 40.6. The van der Waals surface area contributed by atoms with Crippen LogP contribution in [0.15, 0.2) is 60.8 Å². The van der Waals surface area contributed by atoms with Gasteiger partial charge in [0.15, 0.2) is 5.69 Å². The number of alkyl halides is 3. The summed E-state index contributed by atoms with van der Waals surface area (Å²) in [4.78, 5) is 16.3. The van der Waals surface area contributed by atoms with Crippen LogP contribution in [0, 0.1) is 0 Å². The van der Waals surface area contributed by atoms with Crippen molar-refractivity contribution in [2.24, 2.45) is 0 Å². The molecule has 1 aromatic heterocycles. The van der Waals surface area contributed by atoms with Crippen LogP contribution >= 0.6 is 0 Å². The number of benzene rings is 2. The zero-order valence-electron chi connectivity index (χ0n) is 17.5. The van der Waals surface area contributed by atoms with Crippen LogP contribution in [-0.4, -0.2) is 52.0 Å². The van der Waals surface area contributed by atoms with Crippen molar-refractivity contribution in [3.05, 3.63) is 77.6 Å². The van der Waals surface area contributed by atoms with E-state index in [1.165, 1.54) is 11.6 Å². The predicted molar refractivity (Wildman–Crippen MR) is 114 cm³/mol. The molecule has 0 unspecified atom stereocenters. The molecular weight excluding hydrogens is 419 g/mol. The monoisotopic (exact) mass is 443 g/mol. The highest BCUT2D eigenvalue weighted by molar-refractivity contribution is 5.92. The van der Waals surface area contributed by atoms with Crippen LogP contribution in [0.1, 0.15) is 28.0 Å². The van der Waals surface area contributed by atoms with Crippen molar-refractivity contribution >= 4 is 11.6 Å². The first-order valence-electron chi connectivity index (χ1n) is 10.6. The predicted octanol–water partition coefficient (Wildman–Crippen LogP) is 3.89. The number of carbonyl (C=O) groups is 1. The highest BCUT2D eigenvalue weighted by Gasteiger charge is 2.31. The smallest absolute Gasteiger partial charge is 0.368 e. The SMILES string of the molecule is O=C(c1cn(CCCc2ccccc2)nn1)N1CCN(c2cccc(C(F)(F)F)c2)CC1. The van der Waals surface area contributed by atoms with Gasteiger partial charge in [-0.3, -0.25) is 9.48 Å². The fraction of sp³-hybridized carbons (Fsp3) is 0.348. The lowest BCUT2D eigenvalue weighted by Crippen LogP contribution is -2.49. The molecule has 1 saturated heterocycles. The maximum Gasteiger partial charge on any atom is 0.416 e. The molecule has 3 aromatic rings. The van der Waals surface area contributed by atoms with Crippen LogP contribution in [-0.2, 0) is 19.1 Å². The first-order chi connectivity index (χ1) is 15.4. The molecule has 0 saturated carbocycles. The maximum atomic E-state index is 13.0.